The van der Waals surface area contributed by atoms with Crippen molar-refractivity contribution in [2.45, 2.75) is 52.5 Å². The Balaban J connectivity index is 1.65. The standard InChI is InChI=1S/C24H30N2O2/c1-16-6-8-18(9-7-16)17(2)25-23(28)19-14-22(27)26(15-19)21-12-10-20(11-13-21)24(3,4)5/h6-13,17,19H,14-15H2,1-5H3,(H,25,28)/t17-,19+/m0/s1. The van der Waals surface area contributed by atoms with Gasteiger partial charge in [-0.2, -0.15) is 0 Å². The molecule has 2 atom stereocenters. The van der Waals surface area contributed by atoms with Crippen LogP contribution >= 0.6 is 0 Å². The van der Waals surface area contributed by atoms with Gasteiger partial charge in [0.2, 0.25) is 11.8 Å². The van der Waals surface area contributed by atoms with Crippen LogP contribution in [-0.4, -0.2) is 18.4 Å². The molecule has 2 aromatic carbocycles. The second-order valence-corrected chi connectivity index (χ2v) is 8.84. The number of carbonyl (C=O) groups excluding carboxylic acids is 2. The highest BCUT2D eigenvalue weighted by Gasteiger charge is 2.35. The number of hydrogen-bond acceptors (Lipinski definition) is 2. The van der Waals surface area contributed by atoms with Gasteiger partial charge in [-0.25, -0.2) is 0 Å². The van der Waals surface area contributed by atoms with Crippen molar-refractivity contribution in [1.29, 1.82) is 0 Å². The molecule has 0 saturated carbocycles. The van der Waals surface area contributed by atoms with E-state index in [4.69, 9.17) is 0 Å². The summed E-state index contributed by atoms with van der Waals surface area (Å²) in [5.41, 5.74) is 4.42. The predicted molar refractivity (Wildman–Crippen MR) is 113 cm³/mol. The first-order valence-electron chi connectivity index (χ1n) is 9.93. The minimum atomic E-state index is -0.317. The maximum atomic E-state index is 12.7. The lowest BCUT2D eigenvalue weighted by molar-refractivity contribution is -0.126. The molecule has 1 N–H and O–H groups in total. The summed E-state index contributed by atoms with van der Waals surface area (Å²) in [6.07, 6.45) is 0.257. The van der Waals surface area contributed by atoms with Crippen LogP contribution in [0, 0.1) is 12.8 Å². The summed E-state index contributed by atoms with van der Waals surface area (Å²) in [6, 6.07) is 16.2. The highest BCUT2D eigenvalue weighted by Crippen LogP contribution is 2.29. The lowest BCUT2D eigenvalue weighted by Gasteiger charge is -2.22. The van der Waals surface area contributed by atoms with Gasteiger partial charge < -0.3 is 10.2 Å². The fourth-order valence-corrected chi connectivity index (χ4v) is 3.54. The van der Waals surface area contributed by atoms with Gasteiger partial charge in [0, 0.05) is 18.7 Å². The summed E-state index contributed by atoms with van der Waals surface area (Å²) in [5.74, 6) is -0.371. The Hall–Kier alpha value is -2.62. The van der Waals surface area contributed by atoms with Gasteiger partial charge in [-0.15, -0.1) is 0 Å². The van der Waals surface area contributed by atoms with E-state index in [-0.39, 0.29) is 35.6 Å². The van der Waals surface area contributed by atoms with Crippen molar-refractivity contribution in [2.75, 3.05) is 11.4 Å². The summed E-state index contributed by atoms with van der Waals surface area (Å²) in [7, 11) is 0. The molecule has 0 radical (unpaired) electrons. The minimum absolute atomic E-state index is 0.00616. The van der Waals surface area contributed by atoms with Crippen LogP contribution in [0.5, 0.6) is 0 Å². The maximum absolute atomic E-state index is 12.7. The first-order chi connectivity index (χ1) is 13.1. The summed E-state index contributed by atoms with van der Waals surface area (Å²) >= 11 is 0. The number of benzene rings is 2. The second kappa shape index (κ2) is 7.78. The van der Waals surface area contributed by atoms with Crippen molar-refractivity contribution < 1.29 is 9.59 Å². The van der Waals surface area contributed by atoms with Gasteiger partial charge in [-0.05, 0) is 42.5 Å². The smallest absolute Gasteiger partial charge is 0.227 e. The number of hydrogen-bond donors (Lipinski definition) is 1. The van der Waals surface area contributed by atoms with Gasteiger partial charge in [0.15, 0.2) is 0 Å². The van der Waals surface area contributed by atoms with Crippen molar-refractivity contribution >= 4 is 17.5 Å². The number of amides is 2. The van der Waals surface area contributed by atoms with E-state index >= 15 is 0 Å². The Morgan fingerprint density at radius 3 is 2.25 bits per heavy atom. The zero-order chi connectivity index (χ0) is 20.5. The van der Waals surface area contributed by atoms with E-state index in [2.05, 4.69) is 38.2 Å². The molecule has 1 fully saturated rings. The zero-order valence-electron chi connectivity index (χ0n) is 17.5. The Morgan fingerprint density at radius 1 is 1.07 bits per heavy atom. The van der Waals surface area contributed by atoms with Gasteiger partial charge in [-0.3, -0.25) is 9.59 Å². The van der Waals surface area contributed by atoms with Crippen LogP contribution < -0.4 is 10.2 Å². The summed E-state index contributed by atoms with van der Waals surface area (Å²) < 4.78 is 0. The van der Waals surface area contributed by atoms with Crippen LogP contribution in [0.15, 0.2) is 48.5 Å². The summed E-state index contributed by atoms with van der Waals surface area (Å²) in [6.45, 7) is 10.9. The molecule has 0 aliphatic carbocycles. The molecule has 2 amide bonds. The van der Waals surface area contributed by atoms with Crippen LogP contribution in [0.2, 0.25) is 0 Å². The largest absolute Gasteiger partial charge is 0.349 e. The first-order valence-corrected chi connectivity index (χ1v) is 9.93. The van der Waals surface area contributed by atoms with Crippen molar-refractivity contribution in [2.24, 2.45) is 5.92 Å². The van der Waals surface area contributed by atoms with E-state index in [9.17, 15) is 9.59 Å². The number of carbonyl (C=O) groups is 2. The molecule has 0 spiro atoms. The fraction of sp³-hybridized carbons (Fsp3) is 0.417. The predicted octanol–water partition coefficient (Wildman–Crippen LogP) is 4.52. The van der Waals surface area contributed by atoms with Crippen LogP contribution in [0.4, 0.5) is 5.69 Å². The average Bonchev–Trinajstić information content (AvgIpc) is 3.03. The molecule has 148 valence electrons. The molecular weight excluding hydrogens is 348 g/mol. The Kier molecular flexibility index (Phi) is 5.59. The van der Waals surface area contributed by atoms with Gasteiger partial charge in [-0.1, -0.05) is 62.7 Å². The van der Waals surface area contributed by atoms with Crippen LogP contribution in [0.1, 0.15) is 56.8 Å². The molecule has 1 aliphatic rings. The summed E-state index contributed by atoms with van der Waals surface area (Å²) in [4.78, 5) is 27.0. The number of rotatable bonds is 4. The van der Waals surface area contributed by atoms with Gasteiger partial charge in [0.25, 0.3) is 0 Å². The molecule has 28 heavy (non-hydrogen) atoms. The monoisotopic (exact) mass is 378 g/mol. The van der Waals surface area contributed by atoms with Crippen molar-refractivity contribution in [1.82, 2.24) is 5.32 Å². The van der Waals surface area contributed by atoms with E-state index in [1.165, 1.54) is 11.1 Å². The third kappa shape index (κ3) is 4.44. The highest BCUT2D eigenvalue weighted by atomic mass is 16.2. The molecular formula is C24H30N2O2. The molecule has 4 heteroatoms. The van der Waals surface area contributed by atoms with Gasteiger partial charge >= 0.3 is 0 Å². The van der Waals surface area contributed by atoms with Gasteiger partial charge in [0.1, 0.15) is 0 Å². The normalized spacial score (nSPS) is 18.2. The Bertz CT molecular complexity index is 848. The van der Waals surface area contributed by atoms with Crippen LogP contribution in [0.3, 0.4) is 0 Å². The van der Waals surface area contributed by atoms with Crippen LogP contribution in [-0.2, 0) is 15.0 Å². The van der Waals surface area contributed by atoms with Crippen molar-refractivity contribution in [3.05, 3.63) is 65.2 Å². The molecule has 2 aromatic rings. The topological polar surface area (TPSA) is 49.4 Å². The third-order valence-electron chi connectivity index (χ3n) is 5.48. The SMILES string of the molecule is Cc1ccc([C@H](C)NC(=O)[C@@H]2CC(=O)N(c3ccc(C(C)(C)C)cc3)C2)cc1. The second-order valence-electron chi connectivity index (χ2n) is 8.84. The van der Waals surface area contributed by atoms with Crippen molar-refractivity contribution in [3.8, 4) is 0 Å². The van der Waals surface area contributed by atoms with E-state index < -0.39 is 0 Å². The number of aryl methyl sites for hydroxylation is 1. The van der Waals surface area contributed by atoms with Gasteiger partial charge in [0.05, 0.1) is 12.0 Å². The molecule has 0 aromatic heterocycles. The molecule has 1 heterocycles. The van der Waals surface area contributed by atoms with E-state index in [1.54, 1.807) is 4.90 Å². The minimum Gasteiger partial charge on any atom is -0.349 e. The zero-order valence-corrected chi connectivity index (χ0v) is 17.5. The third-order valence-corrected chi connectivity index (χ3v) is 5.48. The first kappa shape index (κ1) is 20.1. The molecule has 3 rings (SSSR count). The maximum Gasteiger partial charge on any atom is 0.227 e. The number of nitrogens with one attached hydrogen (secondary N) is 1. The molecule has 4 nitrogen and oxygen atoms in total. The van der Waals surface area contributed by atoms with E-state index in [0.29, 0.717) is 6.54 Å². The molecule has 0 bridgehead atoms. The fourth-order valence-electron chi connectivity index (χ4n) is 3.54. The lowest BCUT2D eigenvalue weighted by atomic mass is 9.87. The number of nitrogens with zero attached hydrogens (tertiary/aromatic N) is 1. The molecule has 1 aliphatic heterocycles. The quantitative estimate of drug-likeness (QED) is 0.850. The number of anilines is 1. The van der Waals surface area contributed by atoms with E-state index in [1.807, 2.05) is 50.2 Å². The average molecular weight is 379 g/mol. The molecule has 0 unspecified atom stereocenters. The van der Waals surface area contributed by atoms with E-state index in [0.717, 1.165) is 11.3 Å². The Labute approximate surface area is 167 Å². The van der Waals surface area contributed by atoms with Crippen LogP contribution in [0.25, 0.3) is 0 Å². The Morgan fingerprint density at radius 2 is 1.68 bits per heavy atom. The summed E-state index contributed by atoms with van der Waals surface area (Å²) in [5, 5.41) is 3.06. The highest BCUT2D eigenvalue weighted by molar-refractivity contribution is 6.00. The molecule has 1 saturated heterocycles. The van der Waals surface area contributed by atoms with Crippen molar-refractivity contribution in [3.63, 3.8) is 0 Å². The lowest BCUT2D eigenvalue weighted by Crippen LogP contribution is -2.34.